The molecule has 106 valence electrons. The number of benzene rings is 1. The van der Waals surface area contributed by atoms with Crippen molar-refractivity contribution in [3.8, 4) is 0 Å². The summed E-state index contributed by atoms with van der Waals surface area (Å²) in [6.45, 7) is 2.74. The van der Waals surface area contributed by atoms with Crippen molar-refractivity contribution in [3.63, 3.8) is 0 Å². The van der Waals surface area contributed by atoms with Gasteiger partial charge in [-0.15, -0.1) is 0 Å². The first-order valence-corrected chi connectivity index (χ1v) is 7.08. The Hall–Kier alpha value is -1.47. The molecule has 0 radical (unpaired) electrons. The van der Waals surface area contributed by atoms with E-state index in [2.05, 4.69) is 4.74 Å². The van der Waals surface area contributed by atoms with Gasteiger partial charge in [-0.2, -0.15) is 4.31 Å². The SMILES string of the molecule is COC(=O)CN(C(C)C)S(=O)(=O)c1ccccc1F. The number of esters is 1. The summed E-state index contributed by atoms with van der Waals surface area (Å²) in [5.74, 6) is -1.55. The van der Waals surface area contributed by atoms with E-state index in [9.17, 15) is 17.6 Å². The molecular weight excluding hydrogens is 273 g/mol. The highest BCUT2D eigenvalue weighted by Gasteiger charge is 2.31. The van der Waals surface area contributed by atoms with Crippen molar-refractivity contribution < 1.29 is 22.3 Å². The molecule has 0 aliphatic carbocycles. The largest absolute Gasteiger partial charge is 0.468 e. The second-order valence-corrected chi connectivity index (χ2v) is 6.01. The molecule has 0 N–H and O–H groups in total. The van der Waals surface area contributed by atoms with Crippen molar-refractivity contribution in [2.24, 2.45) is 0 Å². The number of halogens is 1. The van der Waals surface area contributed by atoms with Crippen LogP contribution in [0.1, 0.15) is 13.8 Å². The Bertz CT molecular complexity index is 557. The van der Waals surface area contributed by atoms with Gasteiger partial charge in [0.15, 0.2) is 0 Å². The first kappa shape index (κ1) is 15.6. The fraction of sp³-hybridized carbons (Fsp3) is 0.417. The van der Waals surface area contributed by atoms with Crippen molar-refractivity contribution in [1.29, 1.82) is 0 Å². The van der Waals surface area contributed by atoms with Gasteiger partial charge < -0.3 is 4.74 Å². The number of nitrogens with zero attached hydrogens (tertiary/aromatic N) is 1. The maximum absolute atomic E-state index is 13.6. The predicted molar refractivity (Wildman–Crippen MR) is 67.4 cm³/mol. The van der Waals surface area contributed by atoms with E-state index in [1.165, 1.54) is 12.1 Å². The van der Waals surface area contributed by atoms with Gasteiger partial charge in [0.25, 0.3) is 0 Å². The van der Waals surface area contributed by atoms with Crippen molar-refractivity contribution >= 4 is 16.0 Å². The van der Waals surface area contributed by atoms with Crippen LogP contribution >= 0.6 is 0 Å². The molecule has 1 aromatic carbocycles. The summed E-state index contributed by atoms with van der Waals surface area (Å²) in [5, 5.41) is 0. The van der Waals surface area contributed by atoms with Crippen molar-refractivity contribution in [3.05, 3.63) is 30.1 Å². The van der Waals surface area contributed by atoms with Crippen LogP contribution in [-0.4, -0.2) is 38.4 Å². The molecule has 0 amide bonds. The molecule has 0 heterocycles. The van der Waals surface area contributed by atoms with Crippen molar-refractivity contribution in [2.45, 2.75) is 24.8 Å². The number of hydrogen-bond donors (Lipinski definition) is 0. The topological polar surface area (TPSA) is 63.7 Å². The highest BCUT2D eigenvalue weighted by Crippen LogP contribution is 2.20. The Labute approximate surface area is 112 Å². The van der Waals surface area contributed by atoms with E-state index in [-0.39, 0.29) is 0 Å². The van der Waals surface area contributed by atoms with Gasteiger partial charge in [0, 0.05) is 6.04 Å². The molecule has 0 spiro atoms. The average molecular weight is 289 g/mol. The molecule has 0 atom stereocenters. The molecule has 0 bridgehead atoms. The molecule has 19 heavy (non-hydrogen) atoms. The average Bonchev–Trinajstić information content (AvgIpc) is 2.35. The third-order valence-corrected chi connectivity index (χ3v) is 4.57. The number of sulfonamides is 1. The minimum atomic E-state index is -4.08. The van der Waals surface area contributed by atoms with Gasteiger partial charge in [-0.25, -0.2) is 12.8 Å². The van der Waals surface area contributed by atoms with E-state index in [4.69, 9.17) is 0 Å². The molecule has 1 aromatic rings. The van der Waals surface area contributed by atoms with Gasteiger partial charge in [-0.1, -0.05) is 12.1 Å². The van der Waals surface area contributed by atoms with E-state index in [1.807, 2.05) is 0 Å². The molecule has 0 saturated carbocycles. The second-order valence-electron chi connectivity index (χ2n) is 4.15. The van der Waals surface area contributed by atoms with Gasteiger partial charge in [0.2, 0.25) is 10.0 Å². The smallest absolute Gasteiger partial charge is 0.321 e. The minimum absolute atomic E-state index is 0.451. The van der Waals surface area contributed by atoms with Gasteiger partial charge in [-0.05, 0) is 26.0 Å². The van der Waals surface area contributed by atoms with E-state index in [1.54, 1.807) is 13.8 Å². The quantitative estimate of drug-likeness (QED) is 0.769. The molecular formula is C12H16FNO4S. The fourth-order valence-corrected chi connectivity index (χ4v) is 3.17. The third kappa shape index (κ3) is 3.51. The standard InChI is InChI=1S/C12H16FNO4S/c1-9(2)14(8-12(15)18-3)19(16,17)11-7-5-4-6-10(11)13/h4-7,9H,8H2,1-3H3. The summed E-state index contributed by atoms with van der Waals surface area (Å²) >= 11 is 0. The maximum atomic E-state index is 13.6. The van der Waals surface area contributed by atoms with Crippen LogP contribution in [0.15, 0.2) is 29.2 Å². The summed E-state index contributed by atoms with van der Waals surface area (Å²) in [6.07, 6.45) is 0. The Balaban J connectivity index is 3.21. The summed E-state index contributed by atoms with van der Waals surface area (Å²) in [4.78, 5) is 10.8. The lowest BCUT2D eigenvalue weighted by Gasteiger charge is -2.24. The zero-order valence-corrected chi connectivity index (χ0v) is 11.8. The van der Waals surface area contributed by atoms with Gasteiger partial charge in [0.1, 0.15) is 17.3 Å². The van der Waals surface area contributed by atoms with Crippen LogP contribution in [0, 0.1) is 5.82 Å². The Kier molecular flexibility index (Phi) is 5.02. The molecule has 0 saturated heterocycles. The lowest BCUT2D eigenvalue weighted by atomic mass is 10.3. The molecule has 0 fully saturated rings. The second kappa shape index (κ2) is 6.12. The Morgan fingerprint density at radius 3 is 2.42 bits per heavy atom. The van der Waals surface area contributed by atoms with Gasteiger partial charge in [-0.3, -0.25) is 4.79 Å². The summed E-state index contributed by atoms with van der Waals surface area (Å²) in [7, 11) is -2.92. The van der Waals surface area contributed by atoms with E-state index in [0.29, 0.717) is 0 Å². The van der Waals surface area contributed by atoms with E-state index >= 15 is 0 Å². The fourth-order valence-electron chi connectivity index (χ4n) is 1.52. The van der Waals surface area contributed by atoms with Crippen LogP contribution in [0.3, 0.4) is 0 Å². The van der Waals surface area contributed by atoms with Crippen LogP contribution in [0.25, 0.3) is 0 Å². The first-order valence-electron chi connectivity index (χ1n) is 5.64. The number of carbonyl (C=O) groups excluding carboxylic acids is 1. The highest BCUT2D eigenvalue weighted by molar-refractivity contribution is 7.89. The molecule has 0 aliphatic heterocycles. The summed E-state index contributed by atoms with van der Waals surface area (Å²) in [5.41, 5.74) is 0. The molecule has 0 aliphatic rings. The number of methoxy groups -OCH3 is 1. The van der Waals surface area contributed by atoms with Crippen LogP contribution in [0.5, 0.6) is 0 Å². The van der Waals surface area contributed by atoms with Gasteiger partial charge >= 0.3 is 5.97 Å². The first-order chi connectivity index (χ1) is 8.80. The van der Waals surface area contributed by atoms with Crippen LogP contribution < -0.4 is 0 Å². The molecule has 0 unspecified atom stereocenters. The molecule has 1 rings (SSSR count). The summed E-state index contributed by atoms with van der Waals surface area (Å²) < 4.78 is 43.6. The zero-order chi connectivity index (χ0) is 14.6. The number of hydrogen-bond acceptors (Lipinski definition) is 4. The Morgan fingerprint density at radius 1 is 1.37 bits per heavy atom. The minimum Gasteiger partial charge on any atom is -0.468 e. The van der Waals surface area contributed by atoms with Crippen molar-refractivity contribution in [1.82, 2.24) is 4.31 Å². The molecule has 5 nitrogen and oxygen atoms in total. The van der Waals surface area contributed by atoms with Gasteiger partial charge in [0.05, 0.1) is 7.11 Å². The Morgan fingerprint density at radius 2 is 1.95 bits per heavy atom. The lowest BCUT2D eigenvalue weighted by molar-refractivity contribution is -0.141. The molecule has 7 heteroatoms. The normalized spacial score (nSPS) is 11.9. The zero-order valence-electron chi connectivity index (χ0n) is 11.0. The lowest BCUT2D eigenvalue weighted by Crippen LogP contribution is -2.41. The number of rotatable bonds is 5. The predicted octanol–water partition coefficient (Wildman–Crippen LogP) is 1.40. The van der Waals surface area contributed by atoms with Crippen molar-refractivity contribution in [2.75, 3.05) is 13.7 Å². The van der Waals surface area contributed by atoms with E-state index < -0.39 is 39.3 Å². The number of carbonyl (C=O) groups is 1. The monoisotopic (exact) mass is 289 g/mol. The maximum Gasteiger partial charge on any atom is 0.321 e. The highest BCUT2D eigenvalue weighted by atomic mass is 32.2. The van der Waals surface area contributed by atoms with Crippen LogP contribution in [-0.2, 0) is 19.6 Å². The number of ether oxygens (including phenoxy) is 1. The van der Waals surface area contributed by atoms with E-state index in [0.717, 1.165) is 23.5 Å². The third-order valence-electron chi connectivity index (χ3n) is 2.51. The van der Waals surface area contributed by atoms with Crippen LogP contribution in [0.2, 0.25) is 0 Å². The molecule has 0 aromatic heterocycles. The summed E-state index contributed by atoms with van der Waals surface area (Å²) in [6, 6.07) is 4.55. The van der Waals surface area contributed by atoms with Crippen LogP contribution in [0.4, 0.5) is 4.39 Å².